The summed E-state index contributed by atoms with van der Waals surface area (Å²) in [6.07, 6.45) is 1.78. The van der Waals surface area contributed by atoms with Crippen LogP contribution in [-0.4, -0.2) is 7.05 Å². The molecule has 1 heterocycles. The quantitative estimate of drug-likeness (QED) is 0.848. The summed E-state index contributed by atoms with van der Waals surface area (Å²) in [6.45, 7) is 3.35. The van der Waals surface area contributed by atoms with Crippen molar-refractivity contribution in [2.24, 2.45) is 0 Å². The fourth-order valence-corrected chi connectivity index (χ4v) is 1.86. The fraction of sp³-hybridized carbons (Fsp3) is 0.333. The zero-order valence-corrected chi connectivity index (χ0v) is 10.8. The predicted octanol–water partition coefficient (Wildman–Crippen LogP) is 3.28. The molecule has 2 aromatic rings. The molecule has 0 spiro atoms. The highest BCUT2D eigenvalue weighted by Gasteiger charge is 2.09. The molecule has 2 rings (SSSR count). The third-order valence-electron chi connectivity index (χ3n) is 2.94. The zero-order chi connectivity index (χ0) is 12.8. The molecule has 0 radical (unpaired) electrons. The fourth-order valence-electron chi connectivity index (χ4n) is 1.86. The lowest BCUT2D eigenvalue weighted by atomic mass is 10.1. The molecule has 0 aliphatic heterocycles. The minimum Gasteiger partial charge on any atom is -0.467 e. The monoisotopic (exact) mass is 245 g/mol. The van der Waals surface area contributed by atoms with Gasteiger partial charge in [0.1, 0.15) is 12.4 Å². The Morgan fingerprint density at radius 1 is 1.22 bits per heavy atom. The van der Waals surface area contributed by atoms with E-state index < -0.39 is 0 Å². The van der Waals surface area contributed by atoms with Gasteiger partial charge in [0, 0.05) is 12.1 Å². The highest BCUT2D eigenvalue weighted by Crippen LogP contribution is 2.20. The second-order valence-electron chi connectivity index (χ2n) is 4.26. The van der Waals surface area contributed by atoms with Crippen LogP contribution in [0.5, 0.6) is 0 Å². The van der Waals surface area contributed by atoms with Gasteiger partial charge in [-0.3, -0.25) is 0 Å². The van der Waals surface area contributed by atoms with Crippen LogP contribution < -0.4 is 5.32 Å². The van der Waals surface area contributed by atoms with Crippen LogP contribution in [-0.2, 0) is 17.9 Å². The lowest BCUT2D eigenvalue weighted by Gasteiger charge is -2.13. The van der Waals surface area contributed by atoms with Crippen molar-refractivity contribution < 1.29 is 9.15 Å². The molecule has 18 heavy (non-hydrogen) atoms. The molecule has 1 atom stereocenters. The van der Waals surface area contributed by atoms with Crippen LogP contribution in [0.3, 0.4) is 0 Å². The van der Waals surface area contributed by atoms with Gasteiger partial charge in [0.2, 0.25) is 0 Å². The summed E-state index contributed by atoms with van der Waals surface area (Å²) in [7, 11) is 1.92. The van der Waals surface area contributed by atoms with Gasteiger partial charge in [-0.05, 0) is 25.6 Å². The molecule has 0 amide bonds. The molecule has 1 unspecified atom stereocenters. The van der Waals surface area contributed by atoms with Gasteiger partial charge in [-0.2, -0.15) is 0 Å². The van der Waals surface area contributed by atoms with Gasteiger partial charge in [0.25, 0.3) is 0 Å². The highest BCUT2D eigenvalue weighted by molar-refractivity contribution is 5.18. The van der Waals surface area contributed by atoms with Crippen LogP contribution in [0, 0.1) is 0 Å². The van der Waals surface area contributed by atoms with Gasteiger partial charge in [0.05, 0.1) is 12.4 Å². The van der Waals surface area contributed by atoms with Crippen molar-refractivity contribution in [1.29, 1.82) is 0 Å². The molecule has 0 aliphatic carbocycles. The van der Waals surface area contributed by atoms with E-state index in [0.29, 0.717) is 6.61 Å². The van der Waals surface area contributed by atoms with Crippen molar-refractivity contribution in [3.05, 3.63) is 59.5 Å². The van der Waals surface area contributed by atoms with E-state index in [-0.39, 0.29) is 6.10 Å². The molecule has 1 N–H and O–H groups in total. The van der Waals surface area contributed by atoms with Crippen LogP contribution in [0.4, 0.5) is 0 Å². The average Bonchev–Trinajstić information content (AvgIpc) is 2.85. The van der Waals surface area contributed by atoms with E-state index in [1.807, 2.05) is 31.3 Å². The first-order valence-electron chi connectivity index (χ1n) is 6.17. The Kier molecular flexibility index (Phi) is 4.56. The largest absolute Gasteiger partial charge is 0.467 e. The SMILES string of the molecule is CNCc1ccoc1COC(C)c1ccccc1. The average molecular weight is 245 g/mol. The highest BCUT2D eigenvalue weighted by atomic mass is 16.5. The maximum Gasteiger partial charge on any atom is 0.133 e. The van der Waals surface area contributed by atoms with Crippen molar-refractivity contribution in [3.8, 4) is 0 Å². The Balaban J connectivity index is 1.93. The topological polar surface area (TPSA) is 34.4 Å². The van der Waals surface area contributed by atoms with E-state index >= 15 is 0 Å². The second kappa shape index (κ2) is 6.38. The zero-order valence-electron chi connectivity index (χ0n) is 10.8. The third kappa shape index (κ3) is 3.22. The van der Waals surface area contributed by atoms with E-state index in [0.717, 1.165) is 17.9 Å². The van der Waals surface area contributed by atoms with E-state index in [1.54, 1.807) is 6.26 Å². The van der Waals surface area contributed by atoms with Crippen LogP contribution in [0.1, 0.15) is 29.9 Å². The molecule has 96 valence electrons. The van der Waals surface area contributed by atoms with Gasteiger partial charge in [-0.1, -0.05) is 30.3 Å². The number of rotatable bonds is 6. The van der Waals surface area contributed by atoms with Crippen LogP contribution in [0.25, 0.3) is 0 Å². The molecule has 0 fully saturated rings. The van der Waals surface area contributed by atoms with Gasteiger partial charge < -0.3 is 14.5 Å². The Morgan fingerprint density at radius 2 is 2.00 bits per heavy atom. The molecule has 0 bridgehead atoms. The minimum absolute atomic E-state index is 0.0683. The van der Waals surface area contributed by atoms with Gasteiger partial charge in [0.15, 0.2) is 0 Å². The smallest absolute Gasteiger partial charge is 0.133 e. The Labute approximate surface area is 108 Å². The normalized spacial score (nSPS) is 12.6. The number of benzene rings is 1. The molecule has 3 heteroatoms. The van der Waals surface area contributed by atoms with E-state index in [1.165, 1.54) is 5.56 Å². The number of hydrogen-bond acceptors (Lipinski definition) is 3. The Hall–Kier alpha value is -1.58. The van der Waals surface area contributed by atoms with Crippen molar-refractivity contribution >= 4 is 0 Å². The molecule has 0 saturated carbocycles. The summed E-state index contributed by atoms with van der Waals surface area (Å²) in [6, 6.07) is 12.2. The summed E-state index contributed by atoms with van der Waals surface area (Å²) in [4.78, 5) is 0. The number of furan rings is 1. The molecular formula is C15H19NO2. The first-order valence-corrected chi connectivity index (χ1v) is 6.17. The third-order valence-corrected chi connectivity index (χ3v) is 2.94. The number of nitrogens with one attached hydrogen (secondary N) is 1. The molecule has 0 aliphatic rings. The minimum atomic E-state index is 0.0683. The second-order valence-corrected chi connectivity index (χ2v) is 4.26. The number of hydrogen-bond donors (Lipinski definition) is 1. The lowest BCUT2D eigenvalue weighted by molar-refractivity contribution is 0.0414. The lowest BCUT2D eigenvalue weighted by Crippen LogP contribution is -2.07. The van der Waals surface area contributed by atoms with Gasteiger partial charge in [-0.25, -0.2) is 0 Å². The standard InChI is InChI=1S/C15H19NO2/c1-12(13-6-4-3-5-7-13)18-11-15-14(10-16-2)8-9-17-15/h3-9,12,16H,10-11H2,1-2H3. The molecule has 3 nitrogen and oxygen atoms in total. The first-order chi connectivity index (χ1) is 8.81. The molecule has 1 aromatic heterocycles. The molecule has 1 aromatic carbocycles. The van der Waals surface area contributed by atoms with Crippen molar-refractivity contribution in [2.45, 2.75) is 26.2 Å². The van der Waals surface area contributed by atoms with Gasteiger partial charge in [-0.15, -0.1) is 0 Å². The Bertz CT molecular complexity index is 464. The van der Waals surface area contributed by atoms with E-state index in [9.17, 15) is 0 Å². The summed E-state index contributed by atoms with van der Waals surface area (Å²) >= 11 is 0. The van der Waals surface area contributed by atoms with Crippen LogP contribution >= 0.6 is 0 Å². The summed E-state index contributed by atoms with van der Waals surface area (Å²) in [5, 5.41) is 3.11. The van der Waals surface area contributed by atoms with E-state index in [2.05, 4.69) is 24.4 Å². The van der Waals surface area contributed by atoms with Gasteiger partial charge >= 0.3 is 0 Å². The van der Waals surface area contributed by atoms with Crippen molar-refractivity contribution in [2.75, 3.05) is 7.05 Å². The molecule has 0 saturated heterocycles. The van der Waals surface area contributed by atoms with Crippen LogP contribution in [0.15, 0.2) is 47.1 Å². The van der Waals surface area contributed by atoms with Crippen molar-refractivity contribution in [1.82, 2.24) is 5.32 Å². The summed E-state index contributed by atoms with van der Waals surface area (Å²) in [5.41, 5.74) is 2.33. The maximum atomic E-state index is 5.84. The Morgan fingerprint density at radius 3 is 2.72 bits per heavy atom. The number of ether oxygens (including phenoxy) is 1. The summed E-state index contributed by atoms with van der Waals surface area (Å²) in [5.74, 6) is 0.895. The van der Waals surface area contributed by atoms with E-state index in [4.69, 9.17) is 9.15 Å². The van der Waals surface area contributed by atoms with Crippen molar-refractivity contribution in [3.63, 3.8) is 0 Å². The molecular weight excluding hydrogens is 226 g/mol. The predicted molar refractivity (Wildman–Crippen MR) is 71.1 cm³/mol. The van der Waals surface area contributed by atoms with Crippen LogP contribution in [0.2, 0.25) is 0 Å². The maximum absolute atomic E-state index is 5.84. The first kappa shape index (κ1) is 12.9. The summed E-state index contributed by atoms with van der Waals surface area (Å²) < 4.78 is 11.3.